The molecule has 2 N–H and O–H groups in total. The Kier molecular flexibility index (Phi) is 9.89. The van der Waals surface area contributed by atoms with Crippen molar-refractivity contribution in [3.8, 4) is 11.5 Å². The third-order valence-corrected chi connectivity index (χ3v) is 4.24. The highest BCUT2D eigenvalue weighted by atomic mass is 16.5. The molecule has 0 unspecified atom stereocenters. The summed E-state index contributed by atoms with van der Waals surface area (Å²) in [7, 11) is 0. The largest absolute Gasteiger partial charge is 0.490 e. The van der Waals surface area contributed by atoms with Crippen molar-refractivity contribution in [1.82, 2.24) is 20.4 Å². The monoisotopic (exact) mass is 401 g/mol. The van der Waals surface area contributed by atoms with Crippen LogP contribution in [0.4, 0.5) is 0 Å². The molecule has 1 heterocycles. The SMILES string of the molecule is CCNC(=NCCCn1cc(C)cn1)NCCc1ccc(OCC)c(OCC)c1. The maximum atomic E-state index is 5.71. The maximum Gasteiger partial charge on any atom is 0.191 e. The number of hydrogen-bond acceptors (Lipinski definition) is 4. The molecule has 160 valence electrons. The minimum Gasteiger partial charge on any atom is -0.490 e. The van der Waals surface area contributed by atoms with Gasteiger partial charge in [-0.3, -0.25) is 9.67 Å². The first-order valence-electron chi connectivity index (χ1n) is 10.6. The Morgan fingerprint density at radius 1 is 1.10 bits per heavy atom. The van der Waals surface area contributed by atoms with E-state index in [1.54, 1.807) is 0 Å². The first kappa shape index (κ1) is 22.6. The minimum atomic E-state index is 0.622. The second-order valence-electron chi connectivity index (χ2n) is 6.72. The molecule has 0 radical (unpaired) electrons. The molecule has 2 rings (SSSR count). The van der Waals surface area contributed by atoms with Crippen LogP contribution in [0.5, 0.6) is 11.5 Å². The molecule has 2 aromatic rings. The smallest absolute Gasteiger partial charge is 0.191 e. The van der Waals surface area contributed by atoms with Crippen LogP contribution in [0, 0.1) is 6.92 Å². The average Bonchev–Trinajstić information content (AvgIpc) is 3.12. The fourth-order valence-electron chi connectivity index (χ4n) is 2.93. The second-order valence-corrected chi connectivity index (χ2v) is 6.72. The molecule has 0 saturated carbocycles. The van der Waals surface area contributed by atoms with Gasteiger partial charge in [-0.05, 0) is 63.8 Å². The number of aliphatic imine (C=N–C) groups is 1. The Morgan fingerprint density at radius 3 is 2.59 bits per heavy atom. The lowest BCUT2D eigenvalue weighted by molar-refractivity contribution is 0.287. The minimum absolute atomic E-state index is 0.622. The molecule has 0 saturated heterocycles. The lowest BCUT2D eigenvalue weighted by Crippen LogP contribution is -2.38. The first-order chi connectivity index (χ1) is 14.2. The van der Waals surface area contributed by atoms with Crippen LogP contribution >= 0.6 is 0 Å². The van der Waals surface area contributed by atoms with E-state index in [0.717, 1.165) is 56.5 Å². The molecule has 1 aromatic heterocycles. The van der Waals surface area contributed by atoms with Crippen LogP contribution in [0.2, 0.25) is 0 Å². The predicted molar refractivity (Wildman–Crippen MR) is 118 cm³/mol. The number of nitrogens with zero attached hydrogens (tertiary/aromatic N) is 3. The third-order valence-electron chi connectivity index (χ3n) is 4.24. The number of nitrogens with one attached hydrogen (secondary N) is 2. The van der Waals surface area contributed by atoms with Crippen molar-refractivity contribution < 1.29 is 9.47 Å². The van der Waals surface area contributed by atoms with Gasteiger partial charge in [0.05, 0.1) is 19.4 Å². The van der Waals surface area contributed by atoms with Gasteiger partial charge in [-0.2, -0.15) is 5.10 Å². The van der Waals surface area contributed by atoms with Gasteiger partial charge < -0.3 is 20.1 Å². The molecule has 0 aliphatic heterocycles. The number of ether oxygens (including phenoxy) is 2. The van der Waals surface area contributed by atoms with Crippen LogP contribution in [0.3, 0.4) is 0 Å². The van der Waals surface area contributed by atoms with Crippen molar-refractivity contribution in [1.29, 1.82) is 0 Å². The summed E-state index contributed by atoms with van der Waals surface area (Å²) in [6.07, 6.45) is 5.77. The number of hydrogen-bond donors (Lipinski definition) is 2. The molecule has 0 spiro atoms. The molecule has 7 nitrogen and oxygen atoms in total. The number of guanidine groups is 1. The van der Waals surface area contributed by atoms with Crippen LogP contribution in [0.1, 0.15) is 38.3 Å². The normalized spacial score (nSPS) is 11.4. The molecule has 7 heteroatoms. The zero-order valence-corrected chi connectivity index (χ0v) is 18.2. The van der Waals surface area contributed by atoms with E-state index >= 15 is 0 Å². The summed E-state index contributed by atoms with van der Waals surface area (Å²) >= 11 is 0. The lowest BCUT2D eigenvalue weighted by Gasteiger charge is -2.14. The Balaban J connectivity index is 1.82. The molecule has 0 fully saturated rings. The lowest BCUT2D eigenvalue weighted by atomic mass is 10.1. The van der Waals surface area contributed by atoms with Gasteiger partial charge >= 0.3 is 0 Å². The molecule has 0 atom stereocenters. The standard InChI is InChI=1S/C22H35N5O2/c1-5-23-22(24-12-8-14-27-17-18(4)16-26-27)25-13-11-19-9-10-20(28-6-2)21(15-19)29-7-3/h9-10,15-17H,5-8,11-14H2,1-4H3,(H2,23,24,25). The molecule has 1 aromatic carbocycles. The summed E-state index contributed by atoms with van der Waals surface area (Å²) in [6.45, 7) is 12.6. The van der Waals surface area contributed by atoms with Crippen molar-refractivity contribution in [2.45, 2.75) is 47.1 Å². The summed E-state index contributed by atoms with van der Waals surface area (Å²) in [6, 6.07) is 6.14. The second kappa shape index (κ2) is 12.7. The fourth-order valence-corrected chi connectivity index (χ4v) is 2.93. The fraction of sp³-hybridized carbons (Fsp3) is 0.545. The highest BCUT2D eigenvalue weighted by Gasteiger charge is 2.06. The Labute approximate surface area is 174 Å². The van der Waals surface area contributed by atoms with Gasteiger partial charge in [0.15, 0.2) is 17.5 Å². The summed E-state index contributed by atoms with van der Waals surface area (Å²) in [4.78, 5) is 4.66. The molecule has 0 aliphatic carbocycles. The van der Waals surface area contributed by atoms with E-state index in [4.69, 9.17) is 9.47 Å². The van der Waals surface area contributed by atoms with Gasteiger partial charge in [0.1, 0.15) is 0 Å². The van der Waals surface area contributed by atoms with Crippen molar-refractivity contribution in [2.75, 3.05) is 32.8 Å². The summed E-state index contributed by atoms with van der Waals surface area (Å²) < 4.78 is 13.3. The summed E-state index contributed by atoms with van der Waals surface area (Å²) in [5.74, 6) is 2.45. The van der Waals surface area contributed by atoms with Crippen LogP contribution in [-0.4, -0.2) is 48.6 Å². The van der Waals surface area contributed by atoms with Crippen LogP contribution in [0.25, 0.3) is 0 Å². The number of aryl methyl sites for hydroxylation is 2. The van der Waals surface area contributed by atoms with Gasteiger partial charge in [0.25, 0.3) is 0 Å². The van der Waals surface area contributed by atoms with Gasteiger partial charge in [0, 0.05) is 32.4 Å². The quantitative estimate of drug-likeness (QED) is 0.325. The Morgan fingerprint density at radius 2 is 1.90 bits per heavy atom. The maximum absolute atomic E-state index is 5.71. The Hall–Kier alpha value is -2.70. The van der Waals surface area contributed by atoms with E-state index in [-0.39, 0.29) is 0 Å². The van der Waals surface area contributed by atoms with Crippen molar-refractivity contribution >= 4 is 5.96 Å². The van der Waals surface area contributed by atoms with E-state index in [2.05, 4.69) is 52.9 Å². The molecule has 0 aliphatic rings. The zero-order valence-electron chi connectivity index (χ0n) is 18.2. The van der Waals surface area contributed by atoms with E-state index in [9.17, 15) is 0 Å². The summed E-state index contributed by atoms with van der Waals surface area (Å²) in [5.41, 5.74) is 2.39. The van der Waals surface area contributed by atoms with E-state index < -0.39 is 0 Å². The van der Waals surface area contributed by atoms with Gasteiger partial charge in [0.2, 0.25) is 0 Å². The summed E-state index contributed by atoms with van der Waals surface area (Å²) in [5, 5.41) is 11.0. The van der Waals surface area contributed by atoms with Crippen molar-refractivity contribution in [3.05, 3.63) is 41.7 Å². The van der Waals surface area contributed by atoms with Crippen LogP contribution in [-0.2, 0) is 13.0 Å². The zero-order chi connectivity index (χ0) is 20.9. The highest BCUT2D eigenvalue weighted by molar-refractivity contribution is 5.79. The first-order valence-corrected chi connectivity index (χ1v) is 10.6. The van der Waals surface area contributed by atoms with Crippen LogP contribution in [0.15, 0.2) is 35.6 Å². The van der Waals surface area contributed by atoms with Gasteiger partial charge in [-0.15, -0.1) is 0 Å². The molecular formula is C22H35N5O2. The van der Waals surface area contributed by atoms with E-state index in [1.807, 2.05) is 30.8 Å². The molecular weight excluding hydrogens is 366 g/mol. The van der Waals surface area contributed by atoms with Gasteiger partial charge in [-0.1, -0.05) is 6.07 Å². The highest BCUT2D eigenvalue weighted by Crippen LogP contribution is 2.28. The van der Waals surface area contributed by atoms with Crippen LogP contribution < -0.4 is 20.1 Å². The molecule has 29 heavy (non-hydrogen) atoms. The van der Waals surface area contributed by atoms with E-state index in [0.29, 0.717) is 13.2 Å². The number of benzene rings is 1. The Bertz CT molecular complexity index is 757. The average molecular weight is 402 g/mol. The topological polar surface area (TPSA) is 72.7 Å². The molecule has 0 bridgehead atoms. The van der Waals surface area contributed by atoms with E-state index in [1.165, 1.54) is 11.1 Å². The predicted octanol–water partition coefficient (Wildman–Crippen LogP) is 3.18. The van der Waals surface area contributed by atoms with Crippen molar-refractivity contribution in [3.63, 3.8) is 0 Å². The number of rotatable bonds is 12. The van der Waals surface area contributed by atoms with Crippen molar-refractivity contribution in [2.24, 2.45) is 4.99 Å². The molecule has 0 amide bonds. The third kappa shape index (κ3) is 8.05. The number of aromatic nitrogens is 2. The van der Waals surface area contributed by atoms with Gasteiger partial charge in [-0.25, -0.2) is 0 Å².